The summed E-state index contributed by atoms with van der Waals surface area (Å²) in [4.78, 5) is 10.0. The molecule has 0 saturated carbocycles. The summed E-state index contributed by atoms with van der Waals surface area (Å²) >= 11 is 1.71. The van der Waals surface area contributed by atoms with Crippen molar-refractivity contribution in [1.29, 1.82) is 0 Å². The van der Waals surface area contributed by atoms with Crippen LogP contribution in [0.3, 0.4) is 0 Å². The number of aromatic nitrogens is 2. The van der Waals surface area contributed by atoms with E-state index in [2.05, 4.69) is 67.2 Å². The van der Waals surface area contributed by atoms with E-state index in [1.807, 2.05) is 0 Å². The number of benzene rings is 1. The third kappa shape index (κ3) is 3.97. The van der Waals surface area contributed by atoms with Gasteiger partial charge in [-0.25, -0.2) is 9.97 Å². The molecule has 0 unspecified atom stereocenters. The van der Waals surface area contributed by atoms with Crippen molar-refractivity contribution in [3.63, 3.8) is 0 Å². The Kier molecular flexibility index (Phi) is 5.62. The molecule has 0 spiro atoms. The maximum absolute atomic E-state index is 4.46. The van der Waals surface area contributed by atoms with Crippen LogP contribution in [0.4, 0.5) is 5.82 Å². The normalized spacial score (nSPS) is 10.9. The van der Waals surface area contributed by atoms with E-state index in [1.165, 1.54) is 16.0 Å². The van der Waals surface area contributed by atoms with Crippen molar-refractivity contribution in [3.05, 3.63) is 41.7 Å². The Bertz CT molecular complexity index is 579. The molecule has 0 radical (unpaired) electrons. The Labute approximate surface area is 131 Å². The average molecular weight is 301 g/mol. The first-order valence-corrected chi connectivity index (χ1v) is 8.32. The van der Waals surface area contributed by atoms with E-state index in [1.54, 1.807) is 18.1 Å². The van der Waals surface area contributed by atoms with Gasteiger partial charge in [0.1, 0.15) is 17.2 Å². The first-order valence-electron chi connectivity index (χ1n) is 7.51. The molecule has 3 nitrogen and oxygen atoms in total. The predicted octanol–water partition coefficient (Wildman–Crippen LogP) is 4.75. The minimum absolute atomic E-state index is 0.564. The van der Waals surface area contributed by atoms with E-state index in [4.69, 9.17) is 0 Å². The second-order valence-corrected chi connectivity index (χ2v) is 6.28. The molecule has 0 aliphatic rings. The van der Waals surface area contributed by atoms with Gasteiger partial charge in [0.05, 0.1) is 0 Å². The Morgan fingerprint density at radius 1 is 1.10 bits per heavy atom. The molecular formula is C17H23N3S. The van der Waals surface area contributed by atoms with Crippen molar-refractivity contribution in [2.45, 2.75) is 50.0 Å². The molecule has 1 heterocycles. The van der Waals surface area contributed by atoms with Crippen LogP contribution in [0.5, 0.6) is 0 Å². The SMILES string of the molecule is CCNc1ncnc(Sc2ccc(C(C)C)cc2)c1CC. The first-order chi connectivity index (χ1) is 10.2. The second-order valence-electron chi connectivity index (χ2n) is 5.22. The third-order valence-corrected chi connectivity index (χ3v) is 4.42. The van der Waals surface area contributed by atoms with Crippen LogP contribution < -0.4 is 5.32 Å². The zero-order chi connectivity index (χ0) is 15.2. The molecule has 0 saturated heterocycles. The van der Waals surface area contributed by atoms with Crippen LogP contribution >= 0.6 is 11.8 Å². The van der Waals surface area contributed by atoms with Crippen molar-refractivity contribution in [3.8, 4) is 0 Å². The molecule has 112 valence electrons. The lowest BCUT2D eigenvalue weighted by Crippen LogP contribution is -2.05. The van der Waals surface area contributed by atoms with Crippen LogP contribution in [-0.2, 0) is 6.42 Å². The Hall–Kier alpha value is -1.55. The molecule has 0 bridgehead atoms. The standard InChI is InChI=1S/C17H23N3S/c1-5-15-16(18-6-2)19-11-20-17(15)21-14-9-7-13(8-10-14)12(3)4/h7-12H,5-6H2,1-4H3,(H,18,19,20). The molecule has 21 heavy (non-hydrogen) atoms. The topological polar surface area (TPSA) is 37.8 Å². The van der Waals surface area contributed by atoms with Crippen LogP contribution in [0.1, 0.15) is 44.7 Å². The molecule has 1 aromatic heterocycles. The van der Waals surface area contributed by atoms with Crippen LogP contribution in [0.2, 0.25) is 0 Å². The predicted molar refractivity (Wildman–Crippen MR) is 90.2 cm³/mol. The number of hydrogen-bond acceptors (Lipinski definition) is 4. The van der Waals surface area contributed by atoms with Crippen LogP contribution in [-0.4, -0.2) is 16.5 Å². The lowest BCUT2D eigenvalue weighted by molar-refractivity contribution is 0.864. The highest BCUT2D eigenvalue weighted by Gasteiger charge is 2.10. The van der Waals surface area contributed by atoms with Crippen LogP contribution in [0.25, 0.3) is 0 Å². The fourth-order valence-electron chi connectivity index (χ4n) is 2.15. The molecule has 2 aromatic rings. The summed E-state index contributed by atoms with van der Waals surface area (Å²) in [5.74, 6) is 1.52. The van der Waals surface area contributed by atoms with Crippen molar-refractivity contribution >= 4 is 17.6 Å². The van der Waals surface area contributed by atoms with E-state index in [0.29, 0.717) is 5.92 Å². The lowest BCUT2D eigenvalue weighted by Gasteiger charge is -2.12. The highest BCUT2D eigenvalue weighted by molar-refractivity contribution is 7.99. The quantitative estimate of drug-likeness (QED) is 0.782. The van der Waals surface area contributed by atoms with Crippen molar-refractivity contribution in [2.24, 2.45) is 0 Å². The average Bonchev–Trinajstić information content (AvgIpc) is 2.48. The van der Waals surface area contributed by atoms with Crippen LogP contribution in [0.15, 0.2) is 40.5 Å². The molecule has 1 N–H and O–H groups in total. The second kappa shape index (κ2) is 7.46. The first kappa shape index (κ1) is 15.8. The molecule has 0 aliphatic heterocycles. The van der Waals surface area contributed by atoms with E-state index < -0.39 is 0 Å². The van der Waals surface area contributed by atoms with Gasteiger partial charge in [-0.15, -0.1) is 0 Å². The van der Waals surface area contributed by atoms with Gasteiger partial charge in [-0.2, -0.15) is 0 Å². The largest absolute Gasteiger partial charge is 0.370 e. The molecular weight excluding hydrogens is 278 g/mol. The van der Waals surface area contributed by atoms with Gasteiger partial charge in [-0.3, -0.25) is 0 Å². The summed E-state index contributed by atoms with van der Waals surface area (Å²) in [5, 5.41) is 4.36. The number of rotatable bonds is 6. The van der Waals surface area contributed by atoms with E-state index in [0.717, 1.165) is 23.8 Å². The molecule has 4 heteroatoms. The summed E-state index contributed by atoms with van der Waals surface area (Å²) in [7, 11) is 0. The van der Waals surface area contributed by atoms with Crippen LogP contribution in [0, 0.1) is 0 Å². The summed E-state index contributed by atoms with van der Waals surface area (Å²) < 4.78 is 0. The smallest absolute Gasteiger partial charge is 0.133 e. The Morgan fingerprint density at radius 3 is 2.38 bits per heavy atom. The van der Waals surface area contributed by atoms with Gasteiger partial charge >= 0.3 is 0 Å². The van der Waals surface area contributed by atoms with Crippen molar-refractivity contribution in [1.82, 2.24) is 9.97 Å². The fourth-order valence-corrected chi connectivity index (χ4v) is 3.11. The van der Waals surface area contributed by atoms with Gasteiger partial charge in [-0.05, 0) is 37.0 Å². The molecule has 2 rings (SSSR count). The highest BCUT2D eigenvalue weighted by Crippen LogP contribution is 2.32. The lowest BCUT2D eigenvalue weighted by atomic mass is 10.0. The van der Waals surface area contributed by atoms with Gasteiger partial charge in [0.2, 0.25) is 0 Å². The summed E-state index contributed by atoms with van der Waals surface area (Å²) in [6.07, 6.45) is 2.57. The molecule has 0 atom stereocenters. The van der Waals surface area contributed by atoms with Crippen molar-refractivity contribution in [2.75, 3.05) is 11.9 Å². The van der Waals surface area contributed by atoms with E-state index in [9.17, 15) is 0 Å². The minimum Gasteiger partial charge on any atom is -0.370 e. The maximum atomic E-state index is 4.46. The number of anilines is 1. The number of hydrogen-bond donors (Lipinski definition) is 1. The zero-order valence-corrected chi connectivity index (χ0v) is 14.0. The zero-order valence-electron chi connectivity index (χ0n) is 13.2. The minimum atomic E-state index is 0.564. The molecule has 1 aromatic carbocycles. The number of nitrogens with one attached hydrogen (secondary N) is 1. The highest BCUT2D eigenvalue weighted by atomic mass is 32.2. The number of nitrogens with zero attached hydrogens (tertiary/aromatic N) is 2. The van der Waals surface area contributed by atoms with E-state index in [-0.39, 0.29) is 0 Å². The Balaban J connectivity index is 2.24. The third-order valence-electron chi connectivity index (χ3n) is 3.36. The van der Waals surface area contributed by atoms with E-state index >= 15 is 0 Å². The molecule has 0 fully saturated rings. The van der Waals surface area contributed by atoms with Gasteiger partial charge in [0.25, 0.3) is 0 Å². The molecule has 0 amide bonds. The Morgan fingerprint density at radius 2 is 1.81 bits per heavy atom. The summed E-state index contributed by atoms with van der Waals surface area (Å²) in [6, 6.07) is 8.75. The maximum Gasteiger partial charge on any atom is 0.133 e. The summed E-state index contributed by atoms with van der Waals surface area (Å²) in [5.41, 5.74) is 2.56. The fraction of sp³-hybridized carbons (Fsp3) is 0.412. The van der Waals surface area contributed by atoms with Gasteiger partial charge in [0.15, 0.2) is 0 Å². The van der Waals surface area contributed by atoms with Gasteiger partial charge in [-0.1, -0.05) is 44.7 Å². The van der Waals surface area contributed by atoms with Crippen molar-refractivity contribution < 1.29 is 0 Å². The van der Waals surface area contributed by atoms with Gasteiger partial charge in [0, 0.05) is 17.0 Å². The molecule has 0 aliphatic carbocycles. The summed E-state index contributed by atoms with van der Waals surface area (Å²) in [6.45, 7) is 9.52. The van der Waals surface area contributed by atoms with Gasteiger partial charge < -0.3 is 5.32 Å². The monoisotopic (exact) mass is 301 g/mol.